The quantitative estimate of drug-likeness (QED) is 0.349. The highest BCUT2D eigenvalue weighted by Gasteiger charge is 1.92. The third-order valence-electron chi connectivity index (χ3n) is 3.41. The van der Waals surface area contributed by atoms with Crippen molar-refractivity contribution < 1.29 is 9.90 Å². The summed E-state index contributed by atoms with van der Waals surface area (Å²) < 4.78 is 0. The lowest BCUT2D eigenvalue weighted by Gasteiger charge is -2.04. The van der Waals surface area contributed by atoms with E-state index in [-0.39, 0.29) is 6.47 Å². The molecule has 20 heavy (non-hydrogen) atoms. The molecule has 0 fully saturated rings. The number of rotatable bonds is 14. The number of hydrogen-bond acceptors (Lipinski definition) is 2. The maximum Gasteiger partial charge on any atom is 0.290 e. The fourth-order valence-electron chi connectivity index (χ4n) is 2.19. The van der Waals surface area contributed by atoms with Crippen LogP contribution in [0, 0.1) is 0 Å². The summed E-state index contributed by atoms with van der Waals surface area (Å²) in [5.41, 5.74) is 0. The Labute approximate surface area is 126 Å². The van der Waals surface area contributed by atoms with Gasteiger partial charge in [0.15, 0.2) is 0 Å². The Morgan fingerprint density at radius 2 is 1.00 bits per heavy atom. The van der Waals surface area contributed by atoms with Crippen LogP contribution in [0.4, 0.5) is 0 Å². The fourth-order valence-corrected chi connectivity index (χ4v) is 2.19. The van der Waals surface area contributed by atoms with E-state index in [1.54, 1.807) is 0 Å². The lowest BCUT2D eigenvalue weighted by molar-refractivity contribution is -0.122. The van der Waals surface area contributed by atoms with E-state index in [9.17, 15) is 0 Å². The van der Waals surface area contributed by atoms with Crippen molar-refractivity contribution in [3.63, 3.8) is 0 Å². The molecule has 3 nitrogen and oxygen atoms in total. The molecule has 0 aromatic heterocycles. The third kappa shape index (κ3) is 26.1. The molecule has 0 saturated carbocycles. The topological polar surface area (TPSA) is 49.3 Å². The summed E-state index contributed by atoms with van der Waals surface area (Å²) in [6.45, 7) is 6.78. The smallest absolute Gasteiger partial charge is 0.290 e. The van der Waals surface area contributed by atoms with E-state index >= 15 is 0 Å². The van der Waals surface area contributed by atoms with Gasteiger partial charge in [0.2, 0.25) is 0 Å². The summed E-state index contributed by atoms with van der Waals surface area (Å²) in [5.74, 6) is 0. The normalized spacial score (nSPS) is 9.90. The molecule has 0 bridgehead atoms. The largest absolute Gasteiger partial charge is 0.483 e. The van der Waals surface area contributed by atoms with Gasteiger partial charge in [-0.25, -0.2) is 0 Å². The molecule has 3 heteroatoms. The Bertz CT molecular complexity index is 149. The summed E-state index contributed by atoms with van der Waals surface area (Å²) in [4.78, 5) is 8.36. The molecule has 0 saturated heterocycles. The number of hydrogen-bond donors (Lipinski definition) is 2. The van der Waals surface area contributed by atoms with Crippen molar-refractivity contribution in [1.29, 1.82) is 0 Å². The highest BCUT2D eigenvalue weighted by atomic mass is 16.3. The van der Waals surface area contributed by atoms with E-state index in [4.69, 9.17) is 9.90 Å². The van der Waals surface area contributed by atoms with Gasteiger partial charge >= 0.3 is 0 Å². The van der Waals surface area contributed by atoms with Crippen LogP contribution in [-0.2, 0) is 4.79 Å². The second-order valence-corrected chi connectivity index (χ2v) is 5.39. The van der Waals surface area contributed by atoms with Gasteiger partial charge < -0.3 is 10.4 Å². The zero-order valence-corrected chi connectivity index (χ0v) is 13.8. The van der Waals surface area contributed by atoms with Gasteiger partial charge in [0.1, 0.15) is 0 Å². The molecule has 122 valence electrons. The molecular formula is C17H37NO2. The zero-order valence-electron chi connectivity index (χ0n) is 13.8. The SMILES string of the molecule is CCCCCCCCNCCCCCCCC.O=CO. The Morgan fingerprint density at radius 1 is 0.700 bits per heavy atom. The fraction of sp³-hybridized carbons (Fsp3) is 0.941. The monoisotopic (exact) mass is 287 g/mol. The molecule has 2 N–H and O–H groups in total. The minimum atomic E-state index is -0.250. The van der Waals surface area contributed by atoms with Crippen molar-refractivity contribution in [2.45, 2.75) is 90.9 Å². The van der Waals surface area contributed by atoms with Crippen LogP contribution in [-0.4, -0.2) is 24.7 Å². The predicted octanol–water partition coefficient (Wildman–Crippen LogP) is 5.00. The summed E-state index contributed by atoms with van der Waals surface area (Å²) in [7, 11) is 0. The second kappa shape index (κ2) is 23.5. The van der Waals surface area contributed by atoms with E-state index in [1.165, 1.54) is 90.1 Å². The van der Waals surface area contributed by atoms with Crippen molar-refractivity contribution >= 4 is 6.47 Å². The van der Waals surface area contributed by atoms with Crippen LogP contribution in [0.1, 0.15) is 90.9 Å². The van der Waals surface area contributed by atoms with E-state index < -0.39 is 0 Å². The first kappa shape index (κ1) is 21.7. The Hall–Kier alpha value is -0.570. The van der Waals surface area contributed by atoms with Gasteiger partial charge in [-0.15, -0.1) is 0 Å². The van der Waals surface area contributed by atoms with Gasteiger partial charge in [-0.1, -0.05) is 78.1 Å². The van der Waals surface area contributed by atoms with Crippen LogP contribution in [0.15, 0.2) is 0 Å². The average Bonchev–Trinajstić information content (AvgIpc) is 2.45. The first-order chi connectivity index (χ1) is 9.83. The van der Waals surface area contributed by atoms with Crippen molar-refractivity contribution in [3.8, 4) is 0 Å². The van der Waals surface area contributed by atoms with Crippen molar-refractivity contribution in [1.82, 2.24) is 5.32 Å². The molecule has 0 aromatic rings. The van der Waals surface area contributed by atoms with Gasteiger partial charge in [0, 0.05) is 0 Å². The van der Waals surface area contributed by atoms with Crippen LogP contribution in [0.5, 0.6) is 0 Å². The lowest BCUT2D eigenvalue weighted by atomic mass is 10.1. The summed E-state index contributed by atoms with van der Waals surface area (Å²) >= 11 is 0. The molecule has 0 atom stereocenters. The number of unbranched alkanes of at least 4 members (excludes halogenated alkanes) is 10. The van der Waals surface area contributed by atoms with Gasteiger partial charge in [0.25, 0.3) is 6.47 Å². The molecule has 0 aliphatic carbocycles. The lowest BCUT2D eigenvalue weighted by Crippen LogP contribution is -2.16. The van der Waals surface area contributed by atoms with Gasteiger partial charge in [-0.05, 0) is 25.9 Å². The highest BCUT2D eigenvalue weighted by molar-refractivity contribution is 5.32. The number of nitrogens with one attached hydrogen (secondary N) is 1. The third-order valence-corrected chi connectivity index (χ3v) is 3.41. The van der Waals surface area contributed by atoms with Crippen molar-refractivity contribution in [2.75, 3.05) is 13.1 Å². The minimum Gasteiger partial charge on any atom is -0.483 e. The predicted molar refractivity (Wildman–Crippen MR) is 88.3 cm³/mol. The summed E-state index contributed by atoms with van der Waals surface area (Å²) in [6, 6.07) is 0. The van der Waals surface area contributed by atoms with Crippen molar-refractivity contribution in [2.24, 2.45) is 0 Å². The number of carbonyl (C=O) groups is 1. The first-order valence-electron chi connectivity index (χ1n) is 8.62. The average molecular weight is 287 g/mol. The van der Waals surface area contributed by atoms with Crippen LogP contribution in [0.2, 0.25) is 0 Å². The van der Waals surface area contributed by atoms with Crippen molar-refractivity contribution in [3.05, 3.63) is 0 Å². The van der Waals surface area contributed by atoms with Gasteiger partial charge in [-0.3, -0.25) is 4.79 Å². The van der Waals surface area contributed by atoms with E-state index in [1.807, 2.05) is 0 Å². The molecular weight excluding hydrogens is 250 g/mol. The van der Waals surface area contributed by atoms with Gasteiger partial charge in [0.05, 0.1) is 0 Å². The maximum atomic E-state index is 8.36. The minimum absolute atomic E-state index is 0.250. The zero-order chi connectivity index (χ0) is 15.3. The molecule has 0 aromatic carbocycles. The molecule has 0 radical (unpaired) electrons. The molecule has 0 unspecified atom stereocenters. The first-order valence-corrected chi connectivity index (χ1v) is 8.62. The van der Waals surface area contributed by atoms with E-state index in [2.05, 4.69) is 19.2 Å². The molecule has 0 heterocycles. The molecule has 0 amide bonds. The number of carboxylic acid groups (broad SMARTS) is 1. The maximum absolute atomic E-state index is 8.36. The van der Waals surface area contributed by atoms with E-state index in [0.29, 0.717) is 0 Å². The highest BCUT2D eigenvalue weighted by Crippen LogP contribution is 2.05. The van der Waals surface area contributed by atoms with Crippen LogP contribution in [0.3, 0.4) is 0 Å². The molecule has 0 aliphatic heterocycles. The standard InChI is InChI=1S/C16H35N.CH2O2/c1-3-5-7-9-11-13-15-17-16-14-12-10-8-6-4-2;2-1-3/h17H,3-16H2,1-2H3;1H,(H,2,3). The van der Waals surface area contributed by atoms with Crippen LogP contribution < -0.4 is 5.32 Å². The van der Waals surface area contributed by atoms with Crippen LogP contribution in [0.25, 0.3) is 0 Å². The molecule has 0 aliphatic rings. The van der Waals surface area contributed by atoms with Crippen LogP contribution >= 0.6 is 0 Å². The molecule has 0 rings (SSSR count). The Kier molecular flexibility index (Phi) is 25.5. The summed E-state index contributed by atoms with van der Waals surface area (Å²) in [6.07, 6.45) is 16.9. The van der Waals surface area contributed by atoms with E-state index in [0.717, 1.165) is 0 Å². The Balaban J connectivity index is 0. The molecule has 0 spiro atoms. The second-order valence-electron chi connectivity index (χ2n) is 5.39. The van der Waals surface area contributed by atoms with Gasteiger partial charge in [-0.2, -0.15) is 0 Å². The Morgan fingerprint density at radius 3 is 1.35 bits per heavy atom. The summed E-state index contributed by atoms with van der Waals surface area (Å²) in [5, 5.41) is 10.5.